The van der Waals surface area contributed by atoms with Crippen LogP contribution in [0.5, 0.6) is 0 Å². The second kappa shape index (κ2) is 7.67. The number of fused-ring (bicyclic) bond motifs is 1. The smallest absolute Gasteiger partial charge is 0.165 e. The molecule has 7 nitrogen and oxygen atoms in total. The fourth-order valence-electron chi connectivity index (χ4n) is 2.83. The summed E-state index contributed by atoms with van der Waals surface area (Å²) in [6.45, 7) is 4.99. The number of aromatic nitrogens is 4. The maximum absolute atomic E-state index is 10.3. The van der Waals surface area contributed by atoms with Crippen LogP contribution in [0.1, 0.15) is 26.7 Å². The van der Waals surface area contributed by atoms with Crippen LogP contribution in [0.3, 0.4) is 0 Å². The zero-order chi connectivity index (χ0) is 17.1. The number of rotatable bonds is 7. The van der Waals surface area contributed by atoms with E-state index in [1.54, 1.807) is 6.33 Å². The van der Waals surface area contributed by atoms with E-state index < -0.39 is 6.10 Å². The Morgan fingerprint density at radius 3 is 3.08 bits per heavy atom. The van der Waals surface area contributed by atoms with Gasteiger partial charge >= 0.3 is 0 Å². The number of anilines is 1. The van der Waals surface area contributed by atoms with Gasteiger partial charge in [0, 0.05) is 12.2 Å². The summed E-state index contributed by atoms with van der Waals surface area (Å²) in [6, 6.07) is 0. The number of hydrogen-bond donors (Lipinski definition) is 2. The van der Waals surface area contributed by atoms with Gasteiger partial charge in [-0.2, -0.15) is 11.8 Å². The first-order valence-corrected chi connectivity index (χ1v) is 9.56. The van der Waals surface area contributed by atoms with Crippen molar-refractivity contribution in [1.29, 1.82) is 0 Å². The number of ether oxygens (including phenoxy) is 1. The molecule has 0 bridgehead atoms. The van der Waals surface area contributed by atoms with Crippen LogP contribution in [0.25, 0.3) is 11.2 Å². The van der Waals surface area contributed by atoms with Gasteiger partial charge in [0.05, 0.1) is 25.1 Å². The van der Waals surface area contributed by atoms with Crippen LogP contribution in [0.4, 0.5) is 5.82 Å². The summed E-state index contributed by atoms with van der Waals surface area (Å²) in [4.78, 5) is 12.4. The fourth-order valence-corrected chi connectivity index (χ4v) is 4.08. The second-order valence-electron chi connectivity index (χ2n) is 6.48. The first-order valence-electron chi connectivity index (χ1n) is 8.41. The van der Waals surface area contributed by atoms with Crippen LogP contribution in [-0.4, -0.2) is 54.4 Å². The number of nitrogens with two attached hydrogens (primary N) is 1. The molecule has 132 valence electrons. The lowest BCUT2D eigenvalue weighted by Gasteiger charge is -2.16. The van der Waals surface area contributed by atoms with E-state index in [9.17, 15) is 5.11 Å². The van der Waals surface area contributed by atoms with E-state index in [0.29, 0.717) is 29.9 Å². The quantitative estimate of drug-likeness (QED) is 0.783. The van der Waals surface area contributed by atoms with E-state index in [2.05, 4.69) is 28.8 Å². The lowest BCUT2D eigenvalue weighted by Crippen LogP contribution is -2.26. The number of nitrogen functional groups attached to an aromatic ring is 1. The maximum Gasteiger partial charge on any atom is 0.165 e. The number of nitrogens with zero attached hydrogens (tertiary/aromatic N) is 4. The Hall–Kier alpha value is -1.38. The van der Waals surface area contributed by atoms with Crippen molar-refractivity contribution in [2.75, 3.05) is 17.2 Å². The molecule has 0 aromatic carbocycles. The largest absolute Gasteiger partial charge is 0.390 e. The molecular weight excluding hydrogens is 326 g/mol. The van der Waals surface area contributed by atoms with E-state index in [0.717, 1.165) is 17.4 Å². The molecule has 0 amide bonds. The van der Waals surface area contributed by atoms with Crippen LogP contribution in [0.2, 0.25) is 0 Å². The Kier molecular flexibility index (Phi) is 5.57. The van der Waals surface area contributed by atoms with Crippen molar-refractivity contribution in [2.45, 2.75) is 51.5 Å². The Labute approximate surface area is 146 Å². The molecule has 0 aliphatic carbocycles. The molecule has 3 rings (SSSR count). The summed E-state index contributed by atoms with van der Waals surface area (Å²) in [6.07, 6.45) is 4.38. The highest BCUT2D eigenvalue weighted by atomic mass is 32.2. The fraction of sp³-hybridized carbons (Fsp3) is 0.688. The molecule has 1 aliphatic heterocycles. The minimum atomic E-state index is -0.462. The third-order valence-electron chi connectivity index (χ3n) is 4.51. The van der Waals surface area contributed by atoms with Gasteiger partial charge < -0.3 is 20.1 Å². The van der Waals surface area contributed by atoms with Gasteiger partial charge in [-0.1, -0.05) is 20.3 Å². The highest BCUT2D eigenvalue weighted by Gasteiger charge is 2.34. The summed E-state index contributed by atoms with van der Waals surface area (Å²) in [5.74, 6) is 3.16. The van der Waals surface area contributed by atoms with Crippen molar-refractivity contribution in [3.63, 3.8) is 0 Å². The highest BCUT2D eigenvalue weighted by molar-refractivity contribution is 7.99. The van der Waals surface area contributed by atoms with Crippen molar-refractivity contribution < 1.29 is 9.84 Å². The molecule has 2 aromatic rings. The Morgan fingerprint density at radius 1 is 1.46 bits per heavy atom. The van der Waals surface area contributed by atoms with Crippen LogP contribution in [0, 0.1) is 5.92 Å². The molecule has 0 saturated carbocycles. The van der Waals surface area contributed by atoms with Gasteiger partial charge in [-0.05, 0) is 11.7 Å². The molecule has 1 saturated heterocycles. The van der Waals surface area contributed by atoms with E-state index >= 15 is 0 Å². The van der Waals surface area contributed by atoms with Gasteiger partial charge in [0.1, 0.15) is 17.9 Å². The number of hydrogen-bond acceptors (Lipinski definition) is 7. The van der Waals surface area contributed by atoms with Crippen molar-refractivity contribution in [3.8, 4) is 0 Å². The van der Waals surface area contributed by atoms with Gasteiger partial charge in [-0.3, -0.25) is 0 Å². The minimum Gasteiger partial charge on any atom is -0.390 e. The summed E-state index contributed by atoms with van der Waals surface area (Å²) in [5, 5.41) is 10.3. The normalized spacial score (nSPS) is 25.4. The molecule has 3 heterocycles. The third-order valence-corrected chi connectivity index (χ3v) is 5.92. The Bertz CT molecular complexity index is 680. The summed E-state index contributed by atoms with van der Waals surface area (Å²) >= 11 is 1.91. The third kappa shape index (κ3) is 3.81. The van der Waals surface area contributed by atoms with Gasteiger partial charge in [0.2, 0.25) is 0 Å². The number of thioether (sulfide) groups is 1. The standard InChI is InChI=1S/C16H25N5O2S/c1-3-10(2)6-24-7-11-4-12(22)13(23-11)5-21-9-20-14-15(17)18-8-19-16(14)21/h8-13,22H,3-7H2,1-2H3,(H2,17,18,19)/t10?,11-,12+,13-/m0/s1. The SMILES string of the molecule is CCC(C)CSC[C@@H]1C[C@@H](O)[C@H](Cn2cnc3c(N)ncnc32)O1. The van der Waals surface area contributed by atoms with Crippen molar-refractivity contribution >= 4 is 28.7 Å². The summed E-state index contributed by atoms with van der Waals surface area (Å²) in [5.41, 5.74) is 7.07. The first kappa shape index (κ1) is 17.4. The van der Waals surface area contributed by atoms with E-state index in [-0.39, 0.29) is 12.2 Å². The molecule has 3 N–H and O–H groups in total. The van der Waals surface area contributed by atoms with Gasteiger partial charge in [-0.15, -0.1) is 0 Å². The van der Waals surface area contributed by atoms with Crippen LogP contribution >= 0.6 is 11.8 Å². The van der Waals surface area contributed by atoms with E-state index in [4.69, 9.17) is 10.5 Å². The first-order chi connectivity index (χ1) is 11.6. The topological polar surface area (TPSA) is 99.1 Å². The minimum absolute atomic E-state index is 0.105. The van der Waals surface area contributed by atoms with Crippen molar-refractivity contribution in [1.82, 2.24) is 19.5 Å². The predicted octanol–water partition coefficient (Wildman–Crippen LogP) is 1.71. The molecule has 24 heavy (non-hydrogen) atoms. The van der Waals surface area contributed by atoms with E-state index in [1.807, 2.05) is 16.3 Å². The van der Waals surface area contributed by atoms with Crippen molar-refractivity contribution in [3.05, 3.63) is 12.7 Å². The number of aliphatic hydroxyl groups excluding tert-OH is 1. The summed E-state index contributed by atoms with van der Waals surface area (Å²) in [7, 11) is 0. The van der Waals surface area contributed by atoms with Gasteiger partial charge in [-0.25, -0.2) is 15.0 Å². The lowest BCUT2D eigenvalue weighted by atomic mass is 10.1. The lowest BCUT2D eigenvalue weighted by molar-refractivity contribution is 0.00803. The average molecular weight is 351 g/mol. The second-order valence-corrected chi connectivity index (χ2v) is 7.55. The molecule has 1 fully saturated rings. The monoisotopic (exact) mass is 351 g/mol. The molecule has 4 atom stereocenters. The maximum atomic E-state index is 10.3. The molecular formula is C16H25N5O2S. The summed E-state index contributed by atoms with van der Waals surface area (Å²) < 4.78 is 7.92. The Balaban J connectivity index is 1.58. The molecule has 2 aromatic heterocycles. The number of imidazole rings is 1. The molecule has 1 unspecified atom stereocenters. The van der Waals surface area contributed by atoms with Gasteiger partial charge in [0.15, 0.2) is 11.5 Å². The predicted molar refractivity (Wildman–Crippen MR) is 95.8 cm³/mol. The van der Waals surface area contributed by atoms with Crippen LogP contribution in [0.15, 0.2) is 12.7 Å². The molecule has 1 aliphatic rings. The number of aliphatic hydroxyl groups is 1. The average Bonchev–Trinajstić information content (AvgIpc) is 3.13. The molecule has 8 heteroatoms. The van der Waals surface area contributed by atoms with Crippen LogP contribution in [-0.2, 0) is 11.3 Å². The molecule has 0 spiro atoms. The van der Waals surface area contributed by atoms with Gasteiger partial charge in [0.25, 0.3) is 0 Å². The zero-order valence-corrected chi connectivity index (χ0v) is 14.9. The highest BCUT2D eigenvalue weighted by Crippen LogP contribution is 2.26. The molecule has 0 radical (unpaired) electrons. The zero-order valence-electron chi connectivity index (χ0n) is 14.1. The van der Waals surface area contributed by atoms with Crippen LogP contribution < -0.4 is 5.73 Å². The van der Waals surface area contributed by atoms with Crippen molar-refractivity contribution in [2.24, 2.45) is 5.92 Å². The Morgan fingerprint density at radius 2 is 2.29 bits per heavy atom. The van der Waals surface area contributed by atoms with E-state index in [1.165, 1.54) is 12.7 Å².